The fourth-order valence-corrected chi connectivity index (χ4v) is 2.60. The number of rotatable bonds is 5. The van der Waals surface area contributed by atoms with Crippen molar-refractivity contribution in [1.29, 1.82) is 0 Å². The Morgan fingerprint density at radius 3 is 2.72 bits per heavy atom. The van der Waals surface area contributed by atoms with Gasteiger partial charge in [-0.3, -0.25) is 0 Å². The third-order valence-electron chi connectivity index (χ3n) is 3.83. The van der Waals surface area contributed by atoms with Crippen molar-refractivity contribution in [2.75, 3.05) is 26.9 Å². The molecular formula is C14H18ClNO2. The molecule has 1 aromatic rings. The Hall–Kier alpha value is -0.770. The highest BCUT2D eigenvalue weighted by Gasteiger charge is 2.41. The minimum atomic E-state index is 0.0957. The molecule has 0 amide bonds. The lowest BCUT2D eigenvalue weighted by Crippen LogP contribution is -2.53. The first-order chi connectivity index (χ1) is 8.73. The molecule has 0 spiro atoms. The summed E-state index contributed by atoms with van der Waals surface area (Å²) in [6.45, 7) is 2.52. The van der Waals surface area contributed by atoms with Crippen LogP contribution >= 0.6 is 11.6 Å². The van der Waals surface area contributed by atoms with E-state index < -0.39 is 0 Å². The number of methoxy groups -OCH3 is 1. The lowest BCUT2D eigenvalue weighted by atomic mass is 9.78. The number of nitrogens with one attached hydrogen (secondary N) is 1. The van der Waals surface area contributed by atoms with Gasteiger partial charge in [0.2, 0.25) is 0 Å². The molecule has 1 saturated carbocycles. The fraction of sp³-hybridized carbons (Fsp3) is 0.571. The van der Waals surface area contributed by atoms with Gasteiger partial charge in [-0.15, -0.1) is 0 Å². The van der Waals surface area contributed by atoms with Crippen molar-refractivity contribution >= 4 is 11.6 Å². The molecule has 0 radical (unpaired) electrons. The van der Waals surface area contributed by atoms with Gasteiger partial charge in [0.25, 0.3) is 0 Å². The summed E-state index contributed by atoms with van der Waals surface area (Å²) in [5.74, 6) is 0.728. The van der Waals surface area contributed by atoms with E-state index in [4.69, 9.17) is 21.1 Å². The van der Waals surface area contributed by atoms with Crippen LogP contribution in [0.4, 0.5) is 0 Å². The van der Waals surface area contributed by atoms with Crippen molar-refractivity contribution in [3.05, 3.63) is 28.8 Å². The standard InChI is InChI=1S/C14H18ClNO2/c1-17-13-5-2-10(6-12(13)15)14(8-18-9-14)7-16-11-3-4-11/h2,5-6,11,16H,3-4,7-9H2,1H3. The zero-order chi connectivity index (χ0) is 12.6. The molecule has 0 atom stereocenters. The van der Waals surface area contributed by atoms with Gasteiger partial charge in [-0.2, -0.15) is 0 Å². The van der Waals surface area contributed by atoms with Gasteiger partial charge in [0.1, 0.15) is 5.75 Å². The molecule has 0 bridgehead atoms. The Balaban J connectivity index is 1.79. The Labute approximate surface area is 112 Å². The molecule has 1 aliphatic heterocycles. The van der Waals surface area contributed by atoms with Gasteiger partial charge < -0.3 is 14.8 Å². The van der Waals surface area contributed by atoms with E-state index in [1.54, 1.807) is 7.11 Å². The van der Waals surface area contributed by atoms with Gasteiger partial charge >= 0.3 is 0 Å². The minimum Gasteiger partial charge on any atom is -0.495 e. The SMILES string of the molecule is COc1ccc(C2(CNC3CC3)COC2)cc1Cl. The zero-order valence-corrected chi connectivity index (χ0v) is 11.3. The van der Waals surface area contributed by atoms with Crippen molar-refractivity contribution in [2.24, 2.45) is 0 Å². The molecule has 2 aliphatic rings. The second kappa shape index (κ2) is 4.72. The molecule has 3 nitrogen and oxygen atoms in total. The first-order valence-corrected chi connectivity index (χ1v) is 6.76. The molecule has 1 saturated heterocycles. The molecule has 1 aliphatic carbocycles. The summed E-state index contributed by atoms with van der Waals surface area (Å²) in [5.41, 5.74) is 1.34. The van der Waals surface area contributed by atoms with Crippen LogP contribution in [0.5, 0.6) is 5.75 Å². The molecule has 0 unspecified atom stereocenters. The maximum Gasteiger partial charge on any atom is 0.137 e. The van der Waals surface area contributed by atoms with Crippen LogP contribution in [0.25, 0.3) is 0 Å². The van der Waals surface area contributed by atoms with E-state index in [1.165, 1.54) is 18.4 Å². The van der Waals surface area contributed by atoms with Gasteiger partial charge in [0.15, 0.2) is 0 Å². The summed E-state index contributed by atoms with van der Waals surface area (Å²) in [6.07, 6.45) is 2.61. The number of benzene rings is 1. The smallest absolute Gasteiger partial charge is 0.137 e. The third-order valence-corrected chi connectivity index (χ3v) is 4.12. The van der Waals surface area contributed by atoms with Crippen LogP contribution in [0.15, 0.2) is 18.2 Å². The van der Waals surface area contributed by atoms with Gasteiger partial charge in [0.05, 0.1) is 30.8 Å². The van der Waals surface area contributed by atoms with Crippen LogP contribution in [0.3, 0.4) is 0 Å². The van der Waals surface area contributed by atoms with E-state index in [1.807, 2.05) is 12.1 Å². The fourth-order valence-electron chi connectivity index (χ4n) is 2.34. The first kappa shape index (κ1) is 12.3. The maximum atomic E-state index is 6.21. The molecule has 1 heterocycles. The average molecular weight is 268 g/mol. The predicted octanol–water partition coefficient (Wildman–Crippen LogP) is 2.37. The highest BCUT2D eigenvalue weighted by atomic mass is 35.5. The predicted molar refractivity (Wildman–Crippen MR) is 71.5 cm³/mol. The van der Waals surface area contributed by atoms with Crippen LogP contribution in [0, 0.1) is 0 Å². The Morgan fingerprint density at radius 2 is 2.22 bits per heavy atom. The van der Waals surface area contributed by atoms with Crippen LogP contribution < -0.4 is 10.1 Å². The molecule has 3 rings (SSSR count). The molecule has 0 aromatic heterocycles. The first-order valence-electron chi connectivity index (χ1n) is 6.39. The van der Waals surface area contributed by atoms with Gasteiger partial charge in [-0.25, -0.2) is 0 Å². The summed E-state index contributed by atoms with van der Waals surface area (Å²) < 4.78 is 10.6. The Bertz CT molecular complexity index is 441. The van der Waals surface area contributed by atoms with E-state index in [9.17, 15) is 0 Å². The number of halogens is 1. The van der Waals surface area contributed by atoms with Crippen LogP contribution in [-0.4, -0.2) is 32.9 Å². The summed E-state index contributed by atoms with van der Waals surface area (Å²) in [5, 5.41) is 4.27. The van der Waals surface area contributed by atoms with Crippen molar-refractivity contribution in [2.45, 2.75) is 24.3 Å². The largest absolute Gasteiger partial charge is 0.495 e. The summed E-state index contributed by atoms with van der Waals surface area (Å²) >= 11 is 6.21. The van der Waals surface area contributed by atoms with E-state index in [2.05, 4.69) is 11.4 Å². The highest BCUT2D eigenvalue weighted by molar-refractivity contribution is 6.32. The van der Waals surface area contributed by atoms with E-state index in [-0.39, 0.29) is 5.41 Å². The highest BCUT2D eigenvalue weighted by Crippen LogP contribution is 2.36. The van der Waals surface area contributed by atoms with E-state index >= 15 is 0 Å². The Morgan fingerprint density at radius 1 is 1.44 bits per heavy atom. The Kier molecular flexibility index (Phi) is 3.22. The number of hydrogen-bond donors (Lipinski definition) is 1. The minimum absolute atomic E-state index is 0.0957. The maximum absolute atomic E-state index is 6.21. The van der Waals surface area contributed by atoms with Gasteiger partial charge in [-0.1, -0.05) is 17.7 Å². The van der Waals surface area contributed by atoms with Crippen molar-refractivity contribution in [3.63, 3.8) is 0 Å². The van der Waals surface area contributed by atoms with Gasteiger partial charge in [-0.05, 0) is 30.5 Å². The van der Waals surface area contributed by atoms with Crippen molar-refractivity contribution in [1.82, 2.24) is 5.32 Å². The third kappa shape index (κ3) is 2.22. The number of hydrogen-bond acceptors (Lipinski definition) is 3. The monoisotopic (exact) mass is 267 g/mol. The van der Waals surface area contributed by atoms with Crippen LogP contribution in [0.2, 0.25) is 5.02 Å². The topological polar surface area (TPSA) is 30.5 Å². The number of ether oxygens (including phenoxy) is 2. The molecule has 1 N–H and O–H groups in total. The van der Waals surface area contributed by atoms with E-state index in [0.29, 0.717) is 5.02 Å². The normalized spacial score (nSPS) is 21.4. The summed E-state index contributed by atoms with van der Waals surface area (Å²) in [6, 6.07) is 6.77. The zero-order valence-electron chi connectivity index (χ0n) is 10.5. The summed E-state index contributed by atoms with van der Waals surface area (Å²) in [4.78, 5) is 0. The summed E-state index contributed by atoms with van der Waals surface area (Å²) in [7, 11) is 1.64. The average Bonchev–Trinajstić information content (AvgIpc) is 3.12. The second-order valence-electron chi connectivity index (χ2n) is 5.28. The second-order valence-corrected chi connectivity index (χ2v) is 5.68. The molecule has 98 valence electrons. The lowest BCUT2D eigenvalue weighted by molar-refractivity contribution is -0.0591. The molecule has 4 heteroatoms. The van der Waals surface area contributed by atoms with Crippen molar-refractivity contribution in [3.8, 4) is 5.75 Å². The molecule has 18 heavy (non-hydrogen) atoms. The van der Waals surface area contributed by atoms with Crippen molar-refractivity contribution < 1.29 is 9.47 Å². The van der Waals surface area contributed by atoms with Gasteiger partial charge in [0, 0.05) is 12.6 Å². The quantitative estimate of drug-likeness (QED) is 0.889. The molecular weight excluding hydrogens is 250 g/mol. The lowest BCUT2D eigenvalue weighted by Gasteiger charge is -2.42. The molecule has 1 aromatic carbocycles. The molecule has 2 fully saturated rings. The van der Waals surface area contributed by atoms with Crippen LogP contribution in [0.1, 0.15) is 18.4 Å². The van der Waals surface area contributed by atoms with Crippen LogP contribution in [-0.2, 0) is 10.2 Å². The van der Waals surface area contributed by atoms with E-state index in [0.717, 1.165) is 31.5 Å².